The third-order valence-corrected chi connectivity index (χ3v) is 5.03. The highest BCUT2D eigenvalue weighted by molar-refractivity contribution is 7.89. The molecule has 1 aromatic carbocycles. The van der Waals surface area contributed by atoms with Crippen molar-refractivity contribution in [1.29, 1.82) is 0 Å². The summed E-state index contributed by atoms with van der Waals surface area (Å²) in [6, 6.07) is 2.94. The summed E-state index contributed by atoms with van der Waals surface area (Å²) < 4.78 is 41.0. The molecule has 0 bridgehead atoms. The Hall–Kier alpha value is -0.980. The van der Waals surface area contributed by atoms with E-state index < -0.39 is 15.8 Å². The van der Waals surface area contributed by atoms with Gasteiger partial charge in [-0.25, -0.2) is 17.5 Å². The highest BCUT2D eigenvalue weighted by atomic mass is 32.2. The minimum Gasteiger partial charge on any atom is -0.313 e. The Labute approximate surface area is 119 Å². The molecule has 0 aromatic heterocycles. The zero-order chi connectivity index (χ0) is 14.8. The second kappa shape index (κ2) is 6.20. The van der Waals surface area contributed by atoms with Gasteiger partial charge in [-0.2, -0.15) is 0 Å². The molecule has 1 aliphatic carbocycles. The second-order valence-electron chi connectivity index (χ2n) is 5.28. The fourth-order valence-corrected chi connectivity index (χ4v) is 3.40. The molecule has 2 rings (SSSR count). The quantitative estimate of drug-likeness (QED) is 0.809. The zero-order valence-corrected chi connectivity index (χ0v) is 12.7. The molecule has 1 fully saturated rings. The number of nitrogens with one attached hydrogen (secondary N) is 2. The summed E-state index contributed by atoms with van der Waals surface area (Å²) in [6.45, 7) is 5.09. The van der Waals surface area contributed by atoms with Gasteiger partial charge < -0.3 is 5.32 Å². The Balaban J connectivity index is 2.25. The first-order chi connectivity index (χ1) is 9.44. The van der Waals surface area contributed by atoms with Crippen LogP contribution in [-0.2, 0) is 16.6 Å². The smallest absolute Gasteiger partial charge is 0.240 e. The molecule has 1 aromatic rings. The summed E-state index contributed by atoms with van der Waals surface area (Å²) in [5.74, 6) is -0.0351. The van der Waals surface area contributed by atoms with E-state index in [9.17, 15) is 12.8 Å². The van der Waals surface area contributed by atoms with Crippen molar-refractivity contribution in [3.8, 4) is 0 Å². The number of sulfonamides is 1. The van der Waals surface area contributed by atoms with Gasteiger partial charge in [0.25, 0.3) is 0 Å². The summed E-state index contributed by atoms with van der Waals surface area (Å²) in [5, 5.41) is 3.07. The van der Waals surface area contributed by atoms with Crippen molar-refractivity contribution in [3.63, 3.8) is 0 Å². The van der Waals surface area contributed by atoms with Crippen molar-refractivity contribution < 1.29 is 12.8 Å². The van der Waals surface area contributed by atoms with E-state index in [0.29, 0.717) is 24.6 Å². The van der Waals surface area contributed by atoms with Gasteiger partial charge in [-0.15, -0.1) is 0 Å². The summed E-state index contributed by atoms with van der Waals surface area (Å²) in [6.07, 6.45) is 2.13. The third kappa shape index (κ3) is 3.77. The van der Waals surface area contributed by atoms with Gasteiger partial charge in [0.2, 0.25) is 10.0 Å². The lowest BCUT2D eigenvalue weighted by Gasteiger charge is -2.12. The molecule has 0 atom stereocenters. The first-order valence-electron chi connectivity index (χ1n) is 6.93. The Bertz CT molecular complexity index is 583. The molecule has 112 valence electrons. The van der Waals surface area contributed by atoms with E-state index in [1.54, 1.807) is 6.07 Å². The molecular formula is C14H21FN2O2S. The van der Waals surface area contributed by atoms with E-state index >= 15 is 0 Å². The Morgan fingerprint density at radius 1 is 1.35 bits per heavy atom. The largest absolute Gasteiger partial charge is 0.313 e. The molecule has 0 aliphatic heterocycles. The second-order valence-corrected chi connectivity index (χ2v) is 7.01. The van der Waals surface area contributed by atoms with Crippen LogP contribution in [0.2, 0.25) is 0 Å². The summed E-state index contributed by atoms with van der Waals surface area (Å²) in [4.78, 5) is 0.0473. The van der Waals surface area contributed by atoms with Crippen LogP contribution < -0.4 is 10.0 Å². The topological polar surface area (TPSA) is 58.2 Å². The van der Waals surface area contributed by atoms with Gasteiger partial charge in [-0.05, 0) is 49.9 Å². The highest BCUT2D eigenvalue weighted by Crippen LogP contribution is 2.28. The van der Waals surface area contributed by atoms with Crippen molar-refractivity contribution in [3.05, 3.63) is 29.1 Å². The van der Waals surface area contributed by atoms with E-state index in [-0.39, 0.29) is 10.5 Å². The average molecular weight is 300 g/mol. The molecule has 1 aliphatic rings. The van der Waals surface area contributed by atoms with Gasteiger partial charge in [0, 0.05) is 18.7 Å². The molecular weight excluding hydrogens is 279 g/mol. The maximum atomic E-state index is 13.9. The Morgan fingerprint density at radius 3 is 2.65 bits per heavy atom. The first kappa shape index (κ1) is 15.4. The van der Waals surface area contributed by atoms with Gasteiger partial charge in [0.15, 0.2) is 0 Å². The van der Waals surface area contributed by atoms with Gasteiger partial charge in [-0.1, -0.05) is 6.92 Å². The van der Waals surface area contributed by atoms with Crippen LogP contribution in [0.25, 0.3) is 0 Å². The molecule has 20 heavy (non-hydrogen) atoms. The van der Waals surface area contributed by atoms with Crippen LogP contribution in [0.4, 0.5) is 4.39 Å². The van der Waals surface area contributed by atoms with Crippen LogP contribution in [0.3, 0.4) is 0 Å². The number of halogens is 1. The van der Waals surface area contributed by atoms with E-state index in [4.69, 9.17) is 0 Å². The lowest BCUT2D eigenvalue weighted by molar-refractivity contribution is 0.569. The molecule has 2 N–H and O–H groups in total. The van der Waals surface area contributed by atoms with E-state index in [1.807, 2.05) is 6.92 Å². The van der Waals surface area contributed by atoms with E-state index in [0.717, 1.165) is 19.4 Å². The molecule has 0 amide bonds. The minimum atomic E-state index is -3.63. The molecule has 0 saturated heterocycles. The van der Waals surface area contributed by atoms with Crippen molar-refractivity contribution in [2.75, 3.05) is 13.1 Å². The minimum absolute atomic E-state index is 0.0473. The van der Waals surface area contributed by atoms with Crippen LogP contribution in [0.15, 0.2) is 17.0 Å². The molecule has 0 heterocycles. The van der Waals surface area contributed by atoms with Gasteiger partial charge in [0.1, 0.15) is 5.82 Å². The average Bonchev–Trinajstić information content (AvgIpc) is 3.21. The standard InChI is InChI=1S/C14H21FN2O2S/c1-3-16-8-12-6-13(15)10(2)14(7-12)20(18,19)17-9-11-4-5-11/h6-7,11,16-17H,3-5,8-9H2,1-2H3. The molecule has 0 radical (unpaired) electrons. The highest BCUT2D eigenvalue weighted by Gasteiger charge is 2.26. The third-order valence-electron chi connectivity index (χ3n) is 3.48. The summed E-state index contributed by atoms with van der Waals surface area (Å²) in [5.41, 5.74) is 0.815. The number of hydrogen-bond donors (Lipinski definition) is 2. The summed E-state index contributed by atoms with van der Waals surface area (Å²) >= 11 is 0. The fraction of sp³-hybridized carbons (Fsp3) is 0.571. The lowest BCUT2D eigenvalue weighted by atomic mass is 10.1. The molecule has 0 unspecified atom stereocenters. The van der Waals surface area contributed by atoms with Gasteiger partial charge >= 0.3 is 0 Å². The van der Waals surface area contributed by atoms with E-state index in [2.05, 4.69) is 10.0 Å². The first-order valence-corrected chi connectivity index (χ1v) is 8.41. The number of hydrogen-bond acceptors (Lipinski definition) is 3. The number of rotatable bonds is 7. The Morgan fingerprint density at radius 2 is 2.05 bits per heavy atom. The molecule has 1 saturated carbocycles. The fourth-order valence-electron chi connectivity index (χ4n) is 1.98. The summed E-state index contributed by atoms with van der Waals surface area (Å²) in [7, 11) is -3.63. The van der Waals surface area contributed by atoms with Crippen molar-refractivity contribution in [1.82, 2.24) is 10.0 Å². The van der Waals surface area contributed by atoms with Crippen LogP contribution >= 0.6 is 0 Å². The van der Waals surface area contributed by atoms with E-state index in [1.165, 1.54) is 13.0 Å². The molecule has 6 heteroatoms. The van der Waals surface area contributed by atoms with Crippen molar-refractivity contribution in [2.45, 2.75) is 38.1 Å². The molecule has 0 spiro atoms. The van der Waals surface area contributed by atoms with Crippen molar-refractivity contribution >= 4 is 10.0 Å². The predicted octanol–water partition coefficient (Wildman–Crippen LogP) is 1.93. The normalized spacial score (nSPS) is 15.6. The van der Waals surface area contributed by atoms with Gasteiger partial charge in [0.05, 0.1) is 4.90 Å². The van der Waals surface area contributed by atoms with Crippen LogP contribution in [0.1, 0.15) is 30.9 Å². The Kier molecular flexibility index (Phi) is 4.78. The number of benzene rings is 1. The van der Waals surface area contributed by atoms with Crippen LogP contribution in [0, 0.1) is 18.7 Å². The lowest BCUT2D eigenvalue weighted by Crippen LogP contribution is -2.27. The van der Waals surface area contributed by atoms with Crippen molar-refractivity contribution in [2.24, 2.45) is 5.92 Å². The van der Waals surface area contributed by atoms with Crippen LogP contribution in [0.5, 0.6) is 0 Å². The predicted molar refractivity (Wildman–Crippen MR) is 76.4 cm³/mol. The maximum absolute atomic E-state index is 13.9. The monoisotopic (exact) mass is 300 g/mol. The van der Waals surface area contributed by atoms with Gasteiger partial charge in [-0.3, -0.25) is 0 Å². The molecule has 4 nitrogen and oxygen atoms in total. The van der Waals surface area contributed by atoms with Crippen LogP contribution in [-0.4, -0.2) is 21.5 Å². The zero-order valence-electron chi connectivity index (χ0n) is 11.9. The SMILES string of the molecule is CCNCc1cc(F)c(C)c(S(=O)(=O)NCC2CC2)c1. The maximum Gasteiger partial charge on any atom is 0.240 e.